The molecule has 0 aromatic carbocycles. The van der Waals surface area contributed by atoms with E-state index in [0.717, 1.165) is 6.92 Å². The lowest BCUT2D eigenvalue weighted by atomic mass is 10.8. The standard InChI is InChI=1S/C4H10NO5P/c1-3-9-11(7,8)10-5-4(2)6/h3H2,1-2H3,(H,5,6)(H,7,8). The van der Waals surface area contributed by atoms with Crippen molar-refractivity contribution in [3.05, 3.63) is 0 Å². The highest BCUT2D eigenvalue weighted by Gasteiger charge is 2.20. The van der Waals surface area contributed by atoms with Gasteiger partial charge in [-0.15, -0.1) is 0 Å². The summed E-state index contributed by atoms with van der Waals surface area (Å²) in [7, 11) is -4.08. The Bertz CT molecular complexity index is 181. The van der Waals surface area contributed by atoms with Gasteiger partial charge in [0, 0.05) is 6.92 Å². The lowest BCUT2D eigenvalue weighted by Crippen LogP contribution is -2.19. The monoisotopic (exact) mass is 183 g/mol. The summed E-state index contributed by atoms with van der Waals surface area (Å²) in [5.41, 5.74) is 1.69. The summed E-state index contributed by atoms with van der Waals surface area (Å²) < 4.78 is 18.9. The Kier molecular flexibility index (Phi) is 4.29. The maximum Gasteiger partial charge on any atom is 0.493 e. The number of nitrogens with one attached hydrogen (secondary N) is 1. The fraction of sp³-hybridized carbons (Fsp3) is 0.750. The molecule has 7 heteroatoms. The largest absolute Gasteiger partial charge is 0.493 e. The van der Waals surface area contributed by atoms with Crippen LogP contribution in [0.3, 0.4) is 0 Å². The van der Waals surface area contributed by atoms with Crippen molar-refractivity contribution in [3.8, 4) is 0 Å². The third kappa shape index (κ3) is 6.00. The van der Waals surface area contributed by atoms with E-state index in [1.165, 1.54) is 6.92 Å². The van der Waals surface area contributed by atoms with E-state index in [9.17, 15) is 9.36 Å². The predicted molar refractivity (Wildman–Crippen MR) is 36.4 cm³/mol. The molecule has 0 rings (SSSR count). The van der Waals surface area contributed by atoms with Crippen molar-refractivity contribution in [1.82, 2.24) is 5.48 Å². The molecule has 0 radical (unpaired) electrons. The van der Waals surface area contributed by atoms with Crippen molar-refractivity contribution in [2.45, 2.75) is 13.8 Å². The first-order valence-corrected chi connectivity index (χ1v) is 4.40. The average Bonchev–Trinajstić information content (AvgIpc) is 1.84. The van der Waals surface area contributed by atoms with Gasteiger partial charge in [0.05, 0.1) is 6.61 Å². The topological polar surface area (TPSA) is 84.9 Å². The van der Waals surface area contributed by atoms with Gasteiger partial charge in [0.15, 0.2) is 0 Å². The first-order chi connectivity index (χ1) is 4.98. The van der Waals surface area contributed by atoms with Crippen LogP contribution < -0.4 is 5.48 Å². The Labute approximate surface area is 64.1 Å². The molecule has 0 aliphatic carbocycles. The van der Waals surface area contributed by atoms with Crippen LogP contribution in [0.1, 0.15) is 13.8 Å². The molecule has 0 saturated carbocycles. The van der Waals surface area contributed by atoms with Gasteiger partial charge in [0.1, 0.15) is 0 Å². The van der Waals surface area contributed by atoms with E-state index in [1.807, 2.05) is 0 Å². The van der Waals surface area contributed by atoms with Crippen LogP contribution in [0, 0.1) is 0 Å². The van der Waals surface area contributed by atoms with E-state index >= 15 is 0 Å². The summed E-state index contributed by atoms with van der Waals surface area (Å²) in [6.45, 7) is 2.71. The molecule has 1 atom stereocenters. The van der Waals surface area contributed by atoms with Gasteiger partial charge >= 0.3 is 7.82 Å². The normalized spacial score (nSPS) is 15.5. The molecular weight excluding hydrogens is 173 g/mol. The molecule has 66 valence electrons. The number of carbonyl (C=O) groups excluding carboxylic acids is 1. The van der Waals surface area contributed by atoms with Gasteiger partial charge in [-0.25, -0.2) is 10.0 Å². The molecule has 0 bridgehead atoms. The van der Waals surface area contributed by atoms with Crippen molar-refractivity contribution < 1.29 is 23.4 Å². The number of phosphoric ester groups is 1. The Hall–Kier alpha value is -0.420. The first-order valence-electron chi connectivity index (χ1n) is 2.90. The van der Waals surface area contributed by atoms with Crippen molar-refractivity contribution in [3.63, 3.8) is 0 Å². The molecule has 11 heavy (non-hydrogen) atoms. The molecule has 0 aliphatic heterocycles. The minimum Gasteiger partial charge on any atom is -0.301 e. The third-order valence-electron chi connectivity index (χ3n) is 0.597. The van der Waals surface area contributed by atoms with Gasteiger partial charge in [0.2, 0.25) is 5.91 Å². The quantitative estimate of drug-likeness (QED) is 0.480. The second-order valence-electron chi connectivity index (χ2n) is 1.64. The Morgan fingerprint density at radius 1 is 1.73 bits per heavy atom. The molecule has 0 aliphatic rings. The van der Waals surface area contributed by atoms with Crippen LogP contribution >= 0.6 is 7.82 Å². The summed E-state index contributed by atoms with van der Waals surface area (Å²) in [6.07, 6.45) is 0. The molecule has 2 N–H and O–H groups in total. The van der Waals surface area contributed by atoms with Gasteiger partial charge in [0.25, 0.3) is 0 Å². The van der Waals surface area contributed by atoms with E-state index in [2.05, 4.69) is 9.15 Å². The molecular formula is C4H10NO5P. The van der Waals surface area contributed by atoms with Gasteiger partial charge in [-0.1, -0.05) is 0 Å². The minimum atomic E-state index is -4.08. The van der Waals surface area contributed by atoms with E-state index < -0.39 is 13.7 Å². The Morgan fingerprint density at radius 3 is 2.64 bits per heavy atom. The van der Waals surface area contributed by atoms with Crippen molar-refractivity contribution in [2.24, 2.45) is 0 Å². The van der Waals surface area contributed by atoms with Crippen molar-refractivity contribution in [2.75, 3.05) is 6.61 Å². The summed E-state index contributed by atoms with van der Waals surface area (Å²) in [4.78, 5) is 18.8. The van der Waals surface area contributed by atoms with Crippen LogP contribution in [0.2, 0.25) is 0 Å². The summed E-state index contributed by atoms with van der Waals surface area (Å²) in [6, 6.07) is 0. The molecule has 0 heterocycles. The molecule has 1 amide bonds. The number of hydroxylamine groups is 1. The molecule has 0 spiro atoms. The number of carbonyl (C=O) groups is 1. The van der Waals surface area contributed by atoms with Gasteiger partial charge in [-0.05, 0) is 6.92 Å². The van der Waals surface area contributed by atoms with Crippen LogP contribution in [0.15, 0.2) is 0 Å². The lowest BCUT2D eigenvalue weighted by molar-refractivity contribution is -0.126. The van der Waals surface area contributed by atoms with Gasteiger partial charge < -0.3 is 4.89 Å². The van der Waals surface area contributed by atoms with Gasteiger partial charge in [-0.3, -0.25) is 9.32 Å². The molecule has 0 aromatic heterocycles. The van der Waals surface area contributed by atoms with Gasteiger partial charge in [-0.2, -0.15) is 4.62 Å². The maximum atomic E-state index is 10.6. The Balaban J connectivity index is 3.73. The van der Waals surface area contributed by atoms with Crippen LogP contribution in [0.25, 0.3) is 0 Å². The molecule has 0 aromatic rings. The van der Waals surface area contributed by atoms with Crippen LogP contribution in [-0.2, 0) is 18.5 Å². The van der Waals surface area contributed by atoms with Crippen molar-refractivity contribution >= 4 is 13.7 Å². The van der Waals surface area contributed by atoms with E-state index in [-0.39, 0.29) is 6.61 Å². The molecule has 0 fully saturated rings. The second-order valence-corrected chi connectivity index (χ2v) is 3.01. The summed E-state index contributed by atoms with van der Waals surface area (Å²) in [5.74, 6) is -0.570. The SMILES string of the molecule is CCOP(=O)(O)ONC(C)=O. The summed E-state index contributed by atoms with van der Waals surface area (Å²) >= 11 is 0. The van der Waals surface area contributed by atoms with Crippen LogP contribution in [-0.4, -0.2) is 17.4 Å². The number of phosphoric acid groups is 1. The van der Waals surface area contributed by atoms with E-state index in [0.29, 0.717) is 0 Å². The van der Waals surface area contributed by atoms with Crippen LogP contribution in [0.5, 0.6) is 0 Å². The molecule has 1 unspecified atom stereocenters. The summed E-state index contributed by atoms with van der Waals surface area (Å²) in [5, 5.41) is 0. The smallest absolute Gasteiger partial charge is 0.301 e. The Morgan fingerprint density at radius 2 is 2.27 bits per heavy atom. The highest BCUT2D eigenvalue weighted by molar-refractivity contribution is 7.47. The van der Waals surface area contributed by atoms with Crippen LogP contribution in [0.4, 0.5) is 0 Å². The molecule has 0 saturated heterocycles. The third-order valence-corrected chi connectivity index (χ3v) is 1.50. The molecule has 6 nitrogen and oxygen atoms in total. The second kappa shape index (κ2) is 4.46. The highest BCUT2D eigenvalue weighted by Crippen LogP contribution is 2.41. The fourth-order valence-electron chi connectivity index (χ4n) is 0.311. The number of amides is 1. The predicted octanol–water partition coefficient (Wildman–Crippen LogP) is 0.191. The first kappa shape index (κ1) is 10.6. The number of hydrogen-bond donors (Lipinski definition) is 2. The number of hydrogen-bond acceptors (Lipinski definition) is 4. The number of rotatable bonds is 4. The van der Waals surface area contributed by atoms with E-state index in [4.69, 9.17) is 4.89 Å². The zero-order valence-corrected chi connectivity index (χ0v) is 7.13. The maximum absolute atomic E-state index is 10.6. The lowest BCUT2D eigenvalue weighted by Gasteiger charge is -2.08. The zero-order chi connectivity index (χ0) is 8.91. The fourth-order valence-corrected chi connectivity index (χ4v) is 0.934. The van der Waals surface area contributed by atoms with Crippen molar-refractivity contribution in [1.29, 1.82) is 0 Å². The zero-order valence-electron chi connectivity index (χ0n) is 6.23. The highest BCUT2D eigenvalue weighted by atomic mass is 31.2. The average molecular weight is 183 g/mol. The van der Waals surface area contributed by atoms with E-state index in [1.54, 1.807) is 5.48 Å². The minimum absolute atomic E-state index is 0.0351.